The summed E-state index contributed by atoms with van der Waals surface area (Å²) in [5.41, 5.74) is 0.603. The van der Waals surface area contributed by atoms with Gasteiger partial charge >= 0.3 is 17.9 Å². The summed E-state index contributed by atoms with van der Waals surface area (Å²) in [6, 6.07) is 7.57. The summed E-state index contributed by atoms with van der Waals surface area (Å²) in [5, 5.41) is 13.2. The van der Waals surface area contributed by atoms with Crippen molar-refractivity contribution in [2.45, 2.75) is 26.8 Å². The first kappa shape index (κ1) is 17.3. The van der Waals surface area contributed by atoms with E-state index in [9.17, 15) is 14.4 Å². The first-order valence-corrected chi connectivity index (χ1v) is 7.20. The zero-order chi connectivity index (χ0) is 17.9. The van der Waals surface area contributed by atoms with Gasteiger partial charge in [0, 0.05) is 19.5 Å². The van der Waals surface area contributed by atoms with E-state index >= 15 is 0 Å². The third-order valence-corrected chi connectivity index (χ3v) is 3.16. The summed E-state index contributed by atoms with van der Waals surface area (Å²) < 4.78 is 10.2. The molecule has 0 aliphatic carbocycles. The molecule has 2 aromatic rings. The number of carboxylic acids is 1. The summed E-state index contributed by atoms with van der Waals surface area (Å²) in [6.07, 6.45) is 0. The van der Waals surface area contributed by atoms with Crippen LogP contribution >= 0.6 is 0 Å². The van der Waals surface area contributed by atoms with Crippen LogP contribution in [0.1, 0.15) is 20.8 Å². The molecule has 2 N–H and O–H groups in total. The zero-order valence-corrected chi connectivity index (χ0v) is 13.5. The maximum Gasteiger partial charge on any atom is 0.325 e. The van der Waals surface area contributed by atoms with Crippen molar-refractivity contribution in [2.75, 3.05) is 5.32 Å². The van der Waals surface area contributed by atoms with Crippen molar-refractivity contribution in [3.05, 3.63) is 30.3 Å². The van der Waals surface area contributed by atoms with E-state index in [4.69, 9.17) is 14.6 Å². The number of carbonyl (C=O) groups is 3. The Bertz CT molecular complexity index is 814. The Morgan fingerprint density at radius 1 is 0.958 bits per heavy atom. The lowest BCUT2D eigenvalue weighted by atomic mass is 10.1. The van der Waals surface area contributed by atoms with E-state index in [1.54, 1.807) is 30.3 Å². The SMILES string of the molecule is CC(=O)Oc1cc2ccc(N[C@@H](C)C(=O)O)cc2cc1OC(C)=O. The molecule has 2 rings (SSSR count). The van der Waals surface area contributed by atoms with E-state index in [-0.39, 0.29) is 11.5 Å². The first-order chi connectivity index (χ1) is 11.3. The minimum atomic E-state index is -0.971. The topological polar surface area (TPSA) is 102 Å². The molecule has 0 bridgehead atoms. The maximum atomic E-state index is 11.2. The molecule has 7 heteroatoms. The van der Waals surface area contributed by atoms with Crippen LogP contribution in [-0.2, 0) is 14.4 Å². The molecule has 0 aliphatic heterocycles. The van der Waals surface area contributed by atoms with Gasteiger partial charge < -0.3 is 19.9 Å². The second kappa shape index (κ2) is 6.99. The van der Waals surface area contributed by atoms with E-state index in [1.807, 2.05) is 0 Å². The maximum absolute atomic E-state index is 11.2. The van der Waals surface area contributed by atoms with Crippen molar-refractivity contribution >= 4 is 34.4 Å². The number of carboxylic acid groups (broad SMARTS) is 1. The number of anilines is 1. The van der Waals surface area contributed by atoms with Crippen molar-refractivity contribution < 1.29 is 29.0 Å². The Kier molecular flexibility index (Phi) is 5.03. The van der Waals surface area contributed by atoms with Crippen molar-refractivity contribution in [3.63, 3.8) is 0 Å². The number of ether oxygens (including phenoxy) is 2. The van der Waals surface area contributed by atoms with Crippen LogP contribution in [0.3, 0.4) is 0 Å². The molecule has 0 unspecified atom stereocenters. The quantitative estimate of drug-likeness (QED) is 0.641. The first-order valence-electron chi connectivity index (χ1n) is 7.20. The minimum absolute atomic E-state index is 0.119. The van der Waals surface area contributed by atoms with Gasteiger partial charge in [-0.2, -0.15) is 0 Å². The zero-order valence-electron chi connectivity index (χ0n) is 13.5. The molecular weight excluding hydrogens is 314 g/mol. The van der Waals surface area contributed by atoms with Crippen LogP contribution in [0.25, 0.3) is 10.8 Å². The fraction of sp³-hybridized carbons (Fsp3) is 0.235. The number of rotatable bonds is 5. The third-order valence-electron chi connectivity index (χ3n) is 3.16. The summed E-state index contributed by atoms with van der Waals surface area (Å²) in [4.78, 5) is 33.4. The Hall–Kier alpha value is -3.09. The van der Waals surface area contributed by atoms with Gasteiger partial charge in [0.15, 0.2) is 11.5 Å². The predicted molar refractivity (Wildman–Crippen MR) is 87.3 cm³/mol. The van der Waals surface area contributed by atoms with Crippen LogP contribution in [-0.4, -0.2) is 29.1 Å². The second-order valence-corrected chi connectivity index (χ2v) is 5.25. The van der Waals surface area contributed by atoms with Gasteiger partial charge in [0.2, 0.25) is 0 Å². The number of fused-ring (bicyclic) bond motifs is 1. The van der Waals surface area contributed by atoms with Crippen molar-refractivity contribution in [3.8, 4) is 11.5 Å². The van der Waals surface area contributed by atoms with Crippen LogP contribution in [0, 0.1) is 0 Å². The fourth-order valence-corrected chi connectivity index (χ4v) is 2.13. The molecule has 0 saturated heterocycles. The average Bonchev–Trinajstić information content (AvgIpc) is 2.46. The number of aliphatic carboxylic acids is 1. The molecular formula is C17H17NO6. The molecule has 2 aromatic carbocycles. The highest BCUT2D eigenvalue weighted by molar-refractivity contribution is 5.91. The Morgan fingerprint density at radius 2 is 1.50 bits per heavy atom. The van der Waals surface area contributed by atoms with Gasteiger partial charge in [-0.15, -0.1) is 0 Å². The number of hydrogen-bond acceptors (Lipinski definition) is 6. The highest BCUT2D eigenvalue weighted by Crippen LogP contribution is 2.34. The third kappa shape index (κ3) is 4.22. The van der Waals surface area contributed by atoms with Crippen LogP contribution in [0.2, 0.25) is 0 Å². The molecule has 24 heavy (non-hydrogen) atoms. The van der Waals surface area contributed by atoms with E-state index in [0.29, 0.717) is 11.1 Å². The van der Waals surface area contributed by atoms with Crippen LogP contribution in [0.5, 0.6) is 11.5 Å². The van der Waals surface area contributed by atoms with Gasteiger partial charge in [-0.25, -0.2) is 0 Å². The molecule has 0 aliphatic rings. The standard InChI is InChI=1S/C17H17NO6/c1-9(17(21)22)18-14-5-4-12-7-15(23-10(2)19)16(24-11(3)20)8-13(12)6-14/h4-9,18H,1-3H3,(H,21,22)/t9-/m0/s1. The van der Waals surface area contributed by atoms with Gasteiger partial charge in [0.1, 0.15) is 6.04 Å². The smallest absolute Gasteiger partial charge is 0.325 e. The van der Waals surface area contributed by atoms with Gasteiger partial charge in [0.05, 0.1) is 0 Å². The lowest BCUT2D eigenvalue weighted by Gasteiger charge is -2.13. The Labute approximate surface area is 138 Å². The predicted octanol–water partition coefficient (Wildman–Crippen LogP) is 2.58. The van der Waals surface area contributed by atoms with Gasteiger partial charge in [-0.05, 0) is 42.0 Å². The molecule has 1 atom stereocenters. The number of hydrogen-bond donors (Lipinski definition) is 2. The van der Waals surface area contributed by atoms with Gasteiger partial charge in [-0.3, -0.25) is 14.4 Å². The molecule has 0 saturated carbocycles. The Morgan fingerprint density at radius 3 is 2.00 bits per heavy atom. The van der Waals surface area contributed by atoms with Crippen LogP contribution < -0.4 is 14.8 Å². The highest BCUT2D eigenvalue weighted by Gasteiger charge is 2.14. The number of benzene rings is 2. The largest absolute Gasteiger partial charge is 0.480 e. The Balaban J connectivity index is 2.45. The molecule has 0 spiro atoms. The number of carbonyl (C=O) groups excluding carboxylic acids is 2. The molecule has 0 aromatic heterocycles. The van der Waals surface area contributed by atoms with E-state index in [1.165, 1.54) is 20.8 Å². The van der Waals surface area contributed by atoms with Crippen LogP contribution in [0.15, 0.2) is 30.3 Å². The summed E-state index contributed by atoms with van der Waals surface area (Å²) in [5.74, 6) is -1.78. The molecule has 0 radical (unpaired) electrons. The monoisotopic (exact) mass is 331 g/mol. The minimum Gasteiger partial charge on any atom is -0.480 e. The highest BCUT2D eigenvalue weighted by atomic mass is 16.6. The second-order valence-electron chi connectivity index (χ2n) is 5.25. The fourth-order valence-electron chi connectivity index (χ4n) is 2.13. The lowest BCUT2D eigenvalue weighted by Crippen LogP contribution is -2.25. The molecule has 7 nitrogen and oxygen atoms in total. The molecule has 0 heterocycles. The molecule has 126 valence electrons. The van der Waals surface area contributed by atoms with E-state index < -0.39 is 23.9 Å². The van der Waals surface area contributed by atoms with Gasteiger partial charge in [0.25, 0.3) is 0 Å². The summed E-state index contributed by atoms with van der Waals surface area (Å²) in [7, 11) is 0. The van der Waals surface area contributed by atoms with Gasteiger partial charge in [-0.1, -0.05) is 6.07 Å². The van der Waals surface area contributed by atoms with E-state index in [2.05, 4.69) is 5.32 Å². The average molecular weight is 331 g/mol. The summed E-state index contributed by atoms with van der Waals surface area (Å²) >= 11 is 0. The van der Waals surface area contributed by atoms with Crippen molar-refractivity contribution in [2.24, 2.45) is 0 Å². The lowest BCUT2D eigenvalue weighted by molar-refractivity contribution is -0.137. The molecule has 0 amide bonds. The van der Waals surface area contributed by atoms with Crippen molar-refractivity contribution in [1.82, 2.24) is 0 Å². The summed E-state index contributed by atoms with van der Waals surface area (Å²) in [6.45, 7) is 4.02. The van der Waals surface area contributed by atoms with E-state index in [0.717, 1.165) is 5.39 Å². The number of nitrogens with one attached hydrogen (secondary N) is 1. The molecule has 0 fully saturated rings. The van der Waals surface area contributed by atoms with Crippen molar-refractivity contribution in [1.29, 1.82) is 0 Å². The number of esters is 2. The normalized spacial score (nSPS) is 11.6. The van der Waals surface area contributed by atoms with Crippen LogP contribution in [0.4, 0.5) is 5.69 Å².